The number of fused-ring (bicyclic) bond motifs is 1. The third-order valence-electron chi connectivity index (χ3n) is 4.11. The standard InChI is InChI=1S/C19H18N8/c20-15-8-13(17-14-10-25-27-18(14)24-11-23-17)6-7-16(15)26-19(21)22-9-12-4-2-1-3-5-12/h1-8,10-11H,9,20H2,(H3,21,22,26)(H,23,24,25,27). The lowest BCUT2D eigenvalue weighted by atomic mass is 10.1. The number of nitrogens with zero attached hydrogens (tertiary/aromatic N) is 4. The monoisotopic (exact) mass is 358 g/mol. The number of aliphatic imine (C=N–C) groups is 1. The van der Waals surface area contributed by atoms with Crippen molar-refractivity contribution in [3.8, 4) is 11.3 Å². The minimum absolute atomic E-state index is 0.303. The van der Waals surface area contributed by atoms with E-state index in [1.807, 2.05) is 48.5 Å². The van der Waals surface area contributed by atoms with Crippen molar-refractivity contribution in [1.82, 2.24) is 20.2 Å². The van der Waals surface area contributed by atoms with E-state index in [2.05, 4.69) is 30.5 Å². The van der Waals surface area contributed by atoms with Crippen molar-refractivity contribution in [3.05, 3.63) is 66.6 Å². The molecular formula is C19H18N8. The van der Waals surface area contributed by atoms with Gasteiger partial charge in [0.05, 0.1) is 35.2 Å². The summed E-state index contributed by atoms with van der Waals surface area (Å²) in [6, 6.07) is 15.5. The molecule has 6 N–H and O–H groups in total. The van der Waals surface area contributed by atoms with E-state index in [0.29, 0.717) is 29.5 Å². The van der Waals surface area contributed by atoms with Gasteiger partial charge in [-0.1, -0.05) is 36.4 Å². The second-order valence-electron chi connectivity index (χ2n) is 5.97. The van der Waals surface area contributed by atoms with E-state index in [0.717, 1.165) is 22.2 Å². The molecule has 2 aromatic carbocycles. The number of benzene rings is 2. The predicted molar refractivity (Wildman–Crippen MR) is 107 cm³/mol. The maximum Gasteiger partial charge on any atom is 0.193 e. The molecule has 0 saturated heterocycles. The number of aromatic amines is 1. The zero-order valence-corrected chi connectivity index (χ0v) is 14.4. The van der Waals surface area contributed by atoms with Crippen LogP contribution in [-0.4, -0.2) is 26.1 Å². The Hall–Kier alpha value is -3.94. The first-order chi connectivity index (χ1) is 13.2. The van der Waals surface area contributed by atoms with Gasteiger partial charge in [0.1, 0.15) is 6.33 Å². The van der Waals surface area contributed by atoms with Gasteiger partial charge in [0.25, 0.3) is 0 Å². The highest BCUT2D eigenvalue weighted by Crippen LogP contribution is 2.29. The summed E-state index contributed by atoms with van der Waals surface area (Å²) < 4.78 is 0. The van der Waals surface area contributed by atoms with Crippen molar-refractivity contribution in [1.29, 1.82) is 0 Å². The minimum Gasteiger partial charge on any atom is -0.397 e. The van der Waals surface area contributed by atoms with Crippen LogP contribution in [0.1, 0.15) is 5.56 Å². The van der Waals surface area contributed by atoms with Gasteiger partial charge in [0.15, 0.2) is 11.6 Å². The summed E-state index contributed by atoms with van der Waals surface area (Å²) >= 11 is 0. The van der Waals surface area contributed by atoms with Crippen LogP contribution in [0.25, 0.3) is 22.3 Å². The summed E-state index contributed by atoms with van der Waals surface area (Å²) in [5, 5.41) is 10.7. The van der Waals surface area contributed by atoms with Gasteiger partial charge in [-0.15, -0.1) is 0 Å². The number of anilines is 2. The molecule has 2 aromatic heterocycles. The fourth-order valence-electron chi connectivity index (χ4n) is 2.76. The van der Waals surface area contributed by atoms with Crippen LogP contribution in [0.2, 0.25) is 0 Å². The molecule has 0 spiro atoms. The fourth-order valence-corrected chi connectivity index (χ4v) is 2.76. The molecule has 0 atom stereocenters. The first-order valence-corrected chi connectivity index (χ1v) is 8.35. The molecule has 8 heteroatoms. The molecule has 0 aliphatic carbocycles. The van der Waals surface area contributed by atoms with Gasteiger partial charge in [-0.3, -0.25) is 5.10 Å². The molecule has 0 aliphatic rings. The topological polar surface area (TPSA) is 131 Å². The lowest BCUT2D eigenvalue weighted by molar-refractivity contribution is 1.06. The molecule has 134 valence electrons. The second kappa shape index (κ2) is 7.12. The number of aromatic nitrogens is 4. The van der Waals surface area contributed by atoms with Gasteiger partial charge in [0.2, 0.25) is 0 Å². The van der Waals surface area contributed by atoms with Gasteiger partial charge in [-0.25, -0.2) is 15.0 Å². The molecule has 4 rings (SSSR count). The van der Waals surface area contributed by atoms with E-state index in [9.17, 15) is 0 Å². The summed E-state index contributed by atoms with van der Waals surface area (Å²) in [4.78, 5) is 12.8. The second-order valence-corrected chi connectivity index (χ2v) is 5.97. The number of nitrogens with two attached hydrogens (primary N) is 2. The number of rotatable bonds is 4. The highest BCUT2D eigenvalue weighted by atomic mass is 15.1. The third kappa shape index (κ3) is 3.54. The summed E-state index contributed by atoms with van der Waals surface area (Å²) in [5.74, 6) is 0.303. The molecule has 0 amide bonds. The zero-order chi connectivity index (χ0) is 18.6. The summed E-state index contributed by atoms with van der Waals surface area (Å²) in [5.41, 5.74) is 16.8. The number of hydrogen-bond acceptors (Lipinski definition) is 5. The van der Waals surface area contributed by atoms with Crippen molar-refractivity contribution in [2.24, 2.45) is 10.7 Å². The lowest BCUT2D eigenvalue weighted by Gasteiger charge is -2.11. The van der Waals surface area contributed by atoms with E-state index in [4.69, 9.17) is 11.5 Å². The van der Waals surface area contributed by atoms with Crippen LogP contribution in [0.3, 0.4) is 0 Å². The van der Waals surface area contributed by atoms with E-state index in [-0.39, 0.29) is 0 Å². The maximum absolute atomic E-state index is 6.19. The first-order valence-electron chi connectivity index (χ1n) is 8.35. The van der Waals surface area contributed by atoms with Gasteiger partial charge in [0, 0.05) is 5.56 Å². The smallest absolute Gasteiger partial charge is 0.193 e. The van der Waals surface area contributed by atoms with Crippen molar-refractivity contribution in [2.75, 3.05) is 11.1 Å². The molecule has 0 radical (unpaired) electrons. The Morgan fingerprint density at radius 2 is 1.96 bits per heavy atom. The SMILES string of the molecule is NC(=NCc1ccccc1)Nc1ccc(-c2ncnc3[nH]ncc23)cc1N. The highest BCUT2D eigenvalue weighted by molar-refractivity contribution is 5.97. The number of nitrogen functional groups attached to an aromatic ring is 1. The molecule has 27 heavy (non-hydrogen) atoms. The number of guanidine groups is 1. The summed E-state index contributed by atoms with van der Waals surface area (Å²) in [6.45, 7) is 0.497. The Labute approximate surface area is 155 Å². The Morgan fingerprint density at radius 1 is 1.11 bits per heavy atom. The van der Waals surface area contributed by atoms with Gasteiger partial charge in [-0.2, -0.15) is 5.10 Å². The molecule has 2 heterocycles. The number of nitrogens with one attached hydrogen (secondary N) is 2. The van der Waals surface area contributed by atoms with Crippen LogP contribution in [0.15, 0.2) is 66.0 Å². The number of H-pyrrole nitrogens is 1. The Balaban J connectivity index is 1.54. The first kappa shape index (κ1) is 16.5. The van der Waals surface area contributed by atoms with E-state index < -0.39 is 0 Å². The Kier molecular flexibility index (Phi) is 4.36. The highest BCUT2D eigenvalue weighted by Gasteiger charge is 2.10. The molecule has 8 nitrogen and oxygen atoms in total. The Morgan fingerprint density at radius 3 is 2.78 bits per heavy atom. The Bertz CT molecular complexity index is 1100. The van der Waals surface area contributed by atoms with E-state index in [1.165, 1.54) is 6.33 Å². The zero-order valence-electron chi connectivity index (χ0n) is 14.4. The largest absolute Gasteiger partial charge is 0.397 e. The summed E-state index contributed by atoms with van der Waals surface area (Å²) in [6.07, 6.45) is 3.19. The third-order valence-corrected chi connectivity index (χ3v) is 4.11. The van der Waals surface area contributed by atoms with E-state index >= 15 is 0 Å². The maximum atomic E-state index is 6.19. The van der Waals surface area contributed by atoms with Crippen LogP contribution in [0.5, 0.6) is 0 Å². The molecule has 0 aliphatic heterocycles. The average molecular weight is 358 g/mol. The lowest BCUT2D eigenvalue weighted by Crippen LogP contribution is -2.23. The van der Waals surface area contributed by atoms with Crippen molar-refractivity contribution in [2.45, 2.75) is 6.54 Å². The fraction of sp³-hybridized carbons (Fsp3) is 0.0526. The van der Waals surface area contributed by atoms with Crippen molar-refractivity contribution >= 4 is 28.4 Å². The normalized spacial score (nSPS) is 11.6. The number of hydrogen-bond donors (Lipinski definition) is 4. The van der Waals surface area contributed by atoms with Gasteiger partial charge < -0.3 is 16.8 Å². The van der Waals surface area contributed by atoms with Crippen LogP contribution in [-0.2, 0) is 6.54 Å². The molecular weight excluding hydrogens is 340 g/mol. The summed E-state index contributed by atoms with van der Waals surface area (Å²) in [7, 11) is 0. The van der Waals surface area contributed by atoms with Crippen molar-refractivity contribution < 1.29 is 0 Å². The molecule has 4 aromatic rings. The molecule has 0 unspecified atom stereocenters. The van der Waals surface area contributed by atoms with Gasteiger partial charge >= 0.3 is 0 Å². The van der Waals surface area contributed by atoms with Gasteiger partial charge in [-0.05, 0) is 17.7 Å². The van der Waals surface area contributed by atoms with Crippen LogP contribution in [0, 0.1) is 0 Å². The van der Waals surface area contributed by atoms with Crippen LogP contribution >= 0.6 is 0 Å². The van der Waals surface area contributed by atoms with E-state index in [1.54, 1.807) is 6.20 Å². The average Bonchev–Trinajstić information content (AvgIpc) is 3.18. The molecule has 0 bridgehead atoms. The quantitative estimate of drug-likeness (QED) is 0.252. The predicted octanol–water partition coefficient (Wildman–Crippen LogP) is 2.53. The minimum atomic E-state index is 0.303. The van der Waals surface area contributed by atoms with Crippen LogP contribution in [0.4, 0.5) is 11.4 Å². The molecule has 0 fully saturated rings. The van der Waals surface area contributed by atoms with Crippen molar-refractivity contribution in [3.63, 3.8) is 0 Å². The van der Waals surface area contributed by atoms with Crippen LogP contribution < -0.4 is 16.8 Å². The molecule has 0 saturated carbocycles.